The summed E-state index contributed by atoms with van der Waals surface area (Å²) in [4.78, 5) is 13.3. The normalized spacial score (nSPS) is 12.5. The molecule has 0 aromatic heterocycles. The lowest BCUT2D eigenvalue weighted by molar-refractivity contribution is 0.0940. The molecule has 0 spiro atoms. The van der Waals surface area contributed by atoms with Gasteiger partial charge in [0.2, 0.25) is 0 Å². The lowest BCUT2D eigenvalue weighted by Gasteiger charge is -2.25. The van der Waals surface area contributed by atoms with Crippen molar-refractivity contribution in [2.75, 3.05) is 10.6 Å². The van der Waals surface area contributed by atoms with Gasteiger partial charge in [-0.15, -0.1) is 0 Å². The smallest absolute Gasteiger partial charge is 0.264 e. The lowest BCUT2D eigenvalue weighted by Crippen LogP contribution is -2.30. The van der Waals surface area contributed by atoms with E-state index in [2.05, 4.69) is 5.32 Å². The van der Waals surface area contributed by atoms with E-state index < -0.39 is 19.9 Å². The Labute approximate surface area is 223 Å². The predicted octanol–water partition coefficient (Wildman–Crippen LogP) is 4.98. The van der Waals surface area contributed by atoms with Crippen LogP contribution in [0.1, 0.15) is 34.5 Å². The maximum absolute atomic E-state index is 13.5. The molecule has 1 atom stereocenters. The van der Waals surface area contributed by atoms with Gasteiger partial charge in [0, 0.05) is 11.8 Å². The van der Waals surface area contributed by atoms with Crippen LogP contribution in [0.3, 0.4) is 0 Å². The van der Waals surface area contributed by atoms with E-state index in [0.717, 1.165) is 11.8 Å². The number of sulfone groups is 1. The molecule has 1 amide bonds. The molecular formula is C29H28N2O5S2. The third-order valence-electron chi connectivity index (χ3n) is 6.07. The van der Waals surface area contributed by atoms with Crippen molar-refractivity contribution in [2.45, 2.75) is 29.3 Å². The minimum Gasteiger partial charge on any atom is -0.346 e. The van der Waals surface area contributed by atoms with Crippen LogP contribution in [0.15, 0.2) is 119 Å². The number of nitrogens with one attached hydrogen (secondary N) is 1. The SMILES string of the molecule is CC(NC(=O)c1ccc(CN(c2ccccc2)S(=O)(=O)c2ccccc2)cc1)c1ccc(S(C)(=O)=O)cc1. The summed E-state index contributed by atoms with van der Waals surface area (Å²) in [5, 5.41) is 2.91. The molecule has 0 aliphatic heterocycles. The zero-order valence-corrected chi connectivity index (χ0v) is 22.6. The maximum Gasteiger partial charge on any atom is 0.264 e. The minimum atomic E-state index is -3.82. The zero-order chi connectivity index (χ0) is 27.3. The molecule has 4 aromatic rings. The molecule has 0 bridgehead atoms. The van der Waals surface area contributed by atoms with Crippen molar-refractivity contribution < 1.29 is 21.6 Å². The van der Waals surface area contributed by atoms with Crippen molar-refractivity contribution in [3.63, 3.8) is 0 Å². The summed E-state index contributed by atoms with van der Waals surface area (Å²) in [7, 11) is -7.12. The van der Waals surface area contributed by atoms with E-state index in [9.17, 15) is 21.6 Å². The van der Waals surface area contributed by atoms with Gasteiger partial charge in [-0.2, -0.15) is 0 Å². The van der Waals surface area contributed by atoms with Gasteiger partial charge in [-0.3, -0.25) is 9.10 Å². The molecule has 0 heterocycles. The minimum absolute atomic E-state index is 0.0895. The fraction of sp³-hybridized carbons (Fsp3) is 0.138. The summed E-state index contributed by atoms with van der Waals surface area (Å²) in [6.45, 7) is 1.90. The Kier molecular flexibility index (Phi) is 7.99. The van der Waals surface area contributed by atoms with Crippen molar-refractivity contribution in [3.05, 3.63) is 126 Å². The molecule has 38 heavy (non-hydrogen) atoms. The number of anilines is 1. The number of rotatable bonds is 9. The molecular weight excluding hydrogens is 520 g/mol. The van der Waals surface area contributed by atoms with Crippen LogP contribution in [0, 0.1) is 0 Å². The molecule has 0 aliphatic rings. The summed E-state index contributed by atoms with van der Waals surface area (Å²) < 4.78 is 51.6. The predicted molar refractivity (Wildman–Crippen MR) is 148 cm³/mol. The number of amides is 1. The van der Waals surface area contributed by atoms with Gasteiger partial charge < -0.3 is 5.32 Å². The fourth-order valence-electron chi connectivity index (χ4n) is 3.92. The Hall–Kier alpha value is -3.95. The van der Waals surface area contributed by atoms with Crippen LogP contribution in [0.2, 0.25) is 0 Å². The number of hydrogen-bond donors (Lipinski definition) is 1. The van der Waals surface area contributed by atoms with Gasteiger partial charge in [-0.1, -0.05) is 60.7 Å². The zero-order valence-electron chi connectivity index (χ0n) is 21.0. The van der Waals surface area contributed by atoms with Crippen molar-refractivity contribution in [1.82, 2.24) is 5.32 Å². The third-order valence-corrected chi connectivity index (χ3v) is 8.99. The first-order valence-electron chi connectivity index (χ1n) is 11.9. The summed E-state index contributed by atoms with van der Waals surface area (Å²) in [6.07, 6.45) is 1.15. The van der Waals surface area contributed by atoms with Crippen LogP contribution in [0.25, 0.3) is 0 Å². The van der Waals surface area contributed by atoms with Gasteiger partial charge in [0.25, 0.3) is 15.9 Å². The number of carbonyl (C=O) groups is 1. The van der Waals surface area contributed by atoms with E-state index in [0.29, 0.717) is 16.8 Å². The Morgan fingerprint density at radius 3 is 1.84 bits per heavy atom. The third kappa shape index (κ3) is 6.30. The summed E-state index contributed by atoms with van der Waals surface area (Å²) >= 11 is 0. The average molecular weight is 549 g/mol. The standard InChI is InChI=1S/C29H28N2O5S2/c1-22(24-17-19-27(20-18-24)37(2,33)34)30-29(32)25-15-13-23(14-16-25)21-31(26-9-5-3-6-10-26)38(35,36)28-11-7-4-8-12-28/h3-20,22H,21H2,1-2H3,(H,30,32). The number of sulfonamides is 1. The van der Waals surface area contributed by atoms with Crippen LogP contribution in [-0.4, -0.2) is 29.0 Å². The molecule has 7 nitrogen and oxygen atoms in total. The van der Waals surface area contributed by atoms with Gasteiger partial charge in [-0.05, 0) is 66.6 Å². The van der Waals surface area contributed by atoms with Crippen LogP contribution >= 0.6 is 0 Å². The van der Waals surface area contributed by atoms with E-state index in [4.69, 9.17) is 0 Å². The molecule has 1 unspecified atom stereocenters. The molecule has 4 rings (SSSR count). The molecule has 0 saturated carbocycles. The molecule has 0 saturated heterocycles. The Balaban J connectivity index is 1.50. The maximum atomic E-state index is 13.5. The second-order valence-electron chi connectivity index (χ2n) is 8.89. The largest absolute Gasteiger partial charge is 0.346 e. The van der Waals surface area contributed by atoms with Gasteiger partial charge in [-0.25, -0.2) is 16.8 Å². The van der Waals surface area contributed by atoms with Gasteiger partial charge >= 0.3 is 0 Å². The van der Waals surface area contributed by atoms with Crippen LogP contribution in [-0.2, 0) is 26.4 Å². The van der Waals surface area contributed by atoms with Crippen LogP contribution in [0.5, 0.6) is 0 Å². The first-order chi connectivity index (χ1) is 18.1. The van der Waals surface area contributed by atoms with Gasteiger partial charge in [0.05, 0.1) is 28.1 Å². The van der Waals surface area contributed by atoms with Crippen LogP contribution < -0.4 is 9.62 Å². The molecule has 196 valence electrons. The first-order valence-corrected chi connectivity index (χ1v) is 15.2. The van der Waals surface area contributed by atoms with Crippen molar-refractivity contribution >= 4 is 31.5 Å². The highest BCUT2D eigenvalue weighted by Gasteiger charge is 2.25. The number of carbonyl (C=O) groups excluding carboxylic acids is 1. The molecule has 0 aliphatic carbocycles. The fourth-order valence-corrected chi connectivity index (χ4v) is 6.03. The molecule has 1 N–H and O–H groups in total. The van der Waals surface area contributed by atoms with Gasteiger partial charge in [0.15, 0.2) is 9.84 Å². The van der Waals surface area contributed by atoms with Crippen molar-refractivity contribution in [2.24, 2.45) is 0 Å². The highest BCUT2D eigenvalue weighted by Crippen LogP contribution is 2.26. The van der Waals surface area contributed by atoms with E-state index in [1.165, 1.54) is 16.4 Å². The molecule has 4 aromatic carbocycles. The average Bonchev–Trinajstić information content (AvgIpc) is 2.92. The highest BCUT2D eigenvalue weighted by molar-refractivity contribution is 7.92. The van der Waals surface area contributed by atoms with Crippen molar-refractivity contribution in [3.8, 4) is 0 Å². The number of benzene rings is 4. The van der Waals surface area contributed by atoms with E-state index in [1.807, 2.05) is 13.0 Å². The molecule has 0 fully saturated rings. The topological polar surface area (TPSA) is 101 Å². The number of hydrogen-bond acceptors (Lipinski definition) is 5. The Bertz CT molecular complexity index is 1600. The molecule has 9 heteroatoms. The second-order valence-corrected chi connectivity index (χ2v) is 12.8. The monoisotopic (exact) mass is 548 g/mol. The van der Waals surface area contributed by atoms with Crippen LogP contribution in [0.4, 0.5) is 5.69 Å². The Morgan fingerprint density at radius 1 is 0.737 bits per heavy atom. The molecule has 0 radical (unpaired) electrons. The van der Waals surface area contributed by atoms with Crippen molar-refractivity contribution in [1.29, 1.82) is 0 Å². The van der Waals surface area contributed by atoms with E-state index in [-0.39, 0.29) is 28.3 Å². The second kappa shape index (κ2) is 11.2. The summed E-state index contributed by atoms with van der Waals surface area (Å²) in [5.74, 6) is -0.298. The lowest BCUT2D eigenvalue weighted by atomic mass is 10.1. The highest BCUT2D eigenvalue weighted by atomic mass is 32.2. The first kappa shape index (κ1) is 27.1. The summed E-state index contributed by atoms with van der Waals surface area (Å²) in [5.41, 5.74) is 2.45. The summed E-state index contributed by atoms with van der Waals surface area (Å²) in [6, 6.07) is 30.0. The Morgan fingerprint density at radius 2 is 1.29 bits per heavy atom. The van der Waals surface area contributed by atoms with E-state index >= 15 is 0 Å². The number of para-hydroxylation sites is 1. The van der Waals surface area contributed by atoms with Gasteiger partial charge in [0.1, 0.15) is 0 Å². The quantitative estimate of drug-likeness (QED) is 0.318. The number of nitrogens with zero attached hydrogens (tertiary/aromatic N) is 1. The van der Waals surface area contributed by atoms with E-state index in [1.54, 1.807) is 91.0 Å².